The number of hydrogen-bond donors (Lipinski definition) is 1. The Labute approximate surface area is 113 Å². The summed E-state index contributed by atoms with van der Waals surface area (Å²) in [6.45, 7) is 0. The molecule has 1 aromatic rings. The van der Waals surface area contributed by atoms with Gasteiger partial charge in [-0.2, -0.15) is 13.2 Å². The molecule has 118 valence electrons. The maximum absolute atomic E-state index is 12.7. The van der Waals surface area contributed by atoms with Gasteiger partial charge in [0, 0.05) is 6.20 Å². The van der Waals surface area contributed by atoms with E-state index < -0.39 is 47.7 Å². The van der Waals surface area contributed by atoms with E-state index in [0.717, 1.165) is 7.11 Å². The van der Waals surface area contributed by atoms with Gasteiger partial charge in [-0.05, 0) is 0 Å². The van der Waals surface area contributed by atoms with E-state index in [1.807, 2.05) is 0 Å². The standard InChI is InChI=1S/C10H7F6NO4/c1-20-8-5(2-6(18)19)17-3-4(9(11,12)13)7(8)21-10(14,15)16/h3H,2H2,1H3,(H,18,19). The number of nitrogens with zero attached hydrogens (tertiary/aromatic N) is 1. The molecule has 0 aliphatic heterocycles. The monoisotopic (exact) mass is 319 g/mol. The van der Waals surface area contributed by atoms with Gasteiger partial charge in [-0.25, -0.2) is 0 Å². The number of halogens is 6. The molecule has 0 amide bonds. The summed E-state index contributed by atoms with van der Waals surface area (Å²) >= 11 is 0. The largest absolute Gasteiger partial charge is 0.573 e. The zero-order chi connectivity index (χ0) is 16.4. The van der Waals surface area contributed by atoms with Crippen molar-refractivity contribution in [1.82, 2.24) is 4.98 Å². The molecule has 0 fully saturated rings. The van der Waals surface area contributed by atoms with Crippen LogP contribution in [0.4, 0.5) is 26.3 Å². The van der Waals surface area contributed by atoms with E-state index in [-0.39, 0.29) is 6.20 Å². The molecule has 0 unspecified atom stereocenters. The Morgan fingerprint density at radius 3 is 2.19 bits per heavy atom. The fraction of sp³-hybridized carbons (Fsp3) is 0.400. The van der Waals surface area contributed by atoms with Crippen LogP contribution in [0.3, 0.4) is 0 Å². The lowest BCUT2D eigenvalue weighted by atomic mass is 10.1. The molecule has 0 aliphatic carbocycles. The van der Waals surface area contributed by atoms with E-state index in [2.05, 4.69) is 14.5 Å². The van der Waals surface area contributed by atoms with E-state index in [1.165, 1.54) is 0 Å². The Bertz CT molecular complexity index is 540. The highest BCUT2D eigenvalue weighted by Crippen LogP contribution is 2.44. The summed E-state index contributed by atoms with van der Waals surface area (Å²) in [5.41, 5.74) is -2.46. The van der Waals surface area contributed by atoms with Crippen LogP contribution in [0.2, 0.25) is 0 Å². The number of methoxy groups -OCH3 is 1. The highest BCUT2D eigenvalue weighted by Gasteiger charge is 2.42. The number of ether oxygens (including phenoxy) is 2. The Morgan fingerprint density at radius 1 is 1.24 bits per heavy atom. The maximum atomic E-state index is 12.7. The average molecular weight is 319 g/mol. The van der Waals surface area contributed by atoms with Crippen LogP contribution in [-0.4, -0.2) is 29.5 Å². The summed E-state index contributed by atoms with van der Waals surface area (Å²) in [6, 6.07) is 0. The molecule has 0 saturated carbocycles. The zero-order valence-corrected chi connectivity index (χ0v) is 10.2. The minimum absolute atomic E-state index is 0.0574. The van der Waals surface area contributed by atoms with Crippen molar-refractivity contribution in [3.05, 3.63) is 17.5 Å². The number of aromatic nitrogens is 1. The second-order valence-corrected chi connectivity index (χ2v) is 3.60. The Balaban J connectivity index is 3.52. The molecule has 5 nitrogen and oxygen atoms in total. The molecule has 1 heterocycles. The summed E-state index contributed by atoms with van der Waals surface area (Å²) in [5.74, 6) is -4.23. The molecular weight excluding hydrogens is 312 g/mol. The molecule has 0 aliphatic rings. The van der Waals surface area contributed by atoms with Crippen LogP contribution in [0.25, 0.3) is 0 Å². The molecule has 1 N–H and O–H groups in total. The van der Waals surface area contributed by atoms with Crippen molar-refractivity contribution in [1.29, 1.82) is 0 Å². The molecule has 11 heteroatoms. The molecule has 0 aromatic carbocycles. The number of carbonyl (C=O) groups is 1. The van der Waals surface area contributed by atoms with Crippen LogP contribution in [0.15, 0.2) is 6.20 Å². The second-order valence-electron chi connectivity index (χ2n) is 3.60. The Morgan fingerprint density at radius 2 is 1.81 bits per heavy atom. The molecule has 0 saturated heterocycles. The first-order valence-electron chi connectivity index (χ1n) is 5.06. The van der Waals surface area contributed by atoms with Gasteiger partial charge in [-0.3, -0.25) is 9.78 Å². The Kier molecular flexibility index (Phi) is 4.54. The summed E-state index contributed by atoms with van der Waals surface area (Å²) < 4.78 is 82.5. The minimum Gasteiger partial charge on any atom is -0.491 e. The SMILES string of the molecule is COc1c(CC(=O)O)ncc(C(F)(F)F)c1OC(F)(F)F. The van der Waals surface area contributed by atoms with E-state index in [1.54, 1.807) is 0 Å². The van der Waals surface area contributed by atoms with E-state index in [0.29, 0.717) is 0 Å². The Hall–Kier alpha value is -2.20. The highest BCUT2D eigenvalue weighted by atomic mass is 19.4. The van der Waals surface area contributed by atoms with Crippen LogP contribution in [0, 0.1) is 0 Å². The molecular formula is C10H7F6NO4. The van der Waals surface area contributed by atoms with Crippen molar-refractivity contribution >= 4 is 5.97 Å². The van der Waals surface area contributed by atoms with Crippen molar-refractivity contribution in [2.24, 2.45) is 0 Å². The topological polar surface area (TPSA) is 68.7 Å². The summed E-state index contributed by atoms with van der Waals surface area (Å²) in [5, 5.41) is 8.56. The predicted molar refractivity (Wildman–Crippen MR) is 53.8 cm³/mol. The molecule has 0 radical (unpaired) electrons. The first-order chi connectivity index (χ1) is 9.45. The summed E-state index contributed by atoms with van der Waals surface area (Å²) in [7, 11) is 0.770. The normalized spacial score (nSPS) is 12.1. The van der Waals surface area contributed by atoms with Gasteiger partial charge in [-0.15, -0.1) is 13.2 Å². The van der Waals surface area contributed by atoms with Crippen LogP contribution < -0.4 is 9.47 Å². The number of pyridine rings is 1. The lowest BCUT2D eigenvalue weighted by molar-refractivity contribution is -0.276. The first kappa shape index (κ1) is 16.9. The van der Waals surface area contributed by atoms with Gasteiger partial charge in [0.2, 0.25) is 0 Å². The number of rotatable bonds is 4. The van der Waals surface area contributed by atoms with Crippen LogP contribution in [-0.2, 0) is 17.4 Å². The lowest BCUT2D eigenvalue weighted by Crippen LogP contribution is -2.22. The van der Waals surface area contributed by atoms with Gasteiger partial charge in [0.05, 0.1) is 19.2 Å². The van der Waals surface area contributed by atoms with Gasteiger partial charge >= 0.3 is 18.5 Å². The average Bonchev–Trinajstić information content (AvgIpc) is 2.24. The van der Waals surface area contributed by atoms with Gasteiger partial charge in [0.1, 0.15) is 5.56 Å². The van der Waals surface area contributed by atoms with Crippen LogP contribution in [0.5, 0.6) is 11.5 Å². The second kappa shape index (κ2) is 5.66. The third-order valence-electron chi connectivity index (χ3n) is 2.11. The fourth-order valence-corrected chi connectivity index (χ4v) is 1.41. The molecule has 0 bridgehead atoms. The van der Waals surface area contributed by atoms with Gasteiger partial charge in [-0.1, -0.05) is 0 Å². The predicted octanol–water partition coefficient (Wildman–Crippen LogP) is 2.63. The lowest BCUT2D eigenvalue weighted by Gasteiger charge is -2.19. The van der Waals surface area contributed by atoms with Crippen molar-refractivity contribution in [2.45, 2.75) is 19.0 Å². The van der Waals surface area contributed by atoms with Crippen LogP contribution >= 0.6 is 0 Å². The van der Waals surface area contributed by atoms with E-state index in [9.17, 15) is 31.1 Å². The summed E-state index contributed by atoms with van der Waals surface area (Å²) in [6.07, 6.45) is -11.5. The highest BCUT2D eigenvalue weighted by molar-refractivity contribution is 5.71. The van der Waals surface area contributed by atoms with Crippen molar-refractivity contribution in [3.63, 3.8) is 0 Å². The minimum atomic E-state index is -5.42. The summed E-state index contributed by atoms with van der Waals surface area (Å²) in [4.78, 5) is 13.7. The van der Waals surface area contributed by atoms with Crippen molar-refractivity contribution in [2.75, 3.05) is 7.11 Å². The fourth-order valence-electron chi connectivity index (χ4n) is 1.41. The molecule has 0 atom stereocenters. The molecule has 0 spiro atoms. The van der Waals surface area contributed by atoms with Gasteiger partial charge in [0.25, 0.3) is 0 Å². The van der Waals surface area contributed by atoms with Crippen molar-refractivity contribution in [3.8, 4) is 11.5 Å². The van der Waals surface area contributed by atoms with Gasteiger partial charge < -0.3 is 14.6 Å². The molecule has 1 aromatic heterocycles. The van der Waals surface area contributed by atoms with Crippen LogP contribution in [0.1, 0.15) is 11.3 Å². The van der Waals surface area contributed by atoms with Gasteiger partial charge in [0.15, 0.2) is 11.5 Å². The number of carboxylic acids is 1. The van der Waals surface area contributed by atoms with E-state index in [4.69, 9.17) is 5.11 Å². The third kappa shape index (κ3) is 4.39. The maximum Gasteiger partial charge on any atom is 0.573 e. The third-order valence-corrected chi connectivity index (χ3v) is 2.11. The molecule has 1 rings (SSSR count). The molecule has 21 heavy (non-hydrogen) atoms. The quantitative estimate of drug-likeness (QED) is 0.864. The number of hydrogen-bond acceptors (Lipinski definition) is 4. The number of alkyl halides is 6. The zero-order valence-electron chi connectivity index (χ0n) is 10.2. The smallest absolute Gasteiger partial charge is 0.491 e. The number of aliphatic carboxylic acids is 1. The number of carboxylic acid groups (broad SMARTS) is 1. The van der Waals surface area contributed by atoms with E-state index >= 15 is 0 Å². The first-order valence-corrected chi connectivity index (χ1v) is 5.06. The van der Waals surface area contributed by atoms with Crippen molar-refractivity contribution < 1.29 is 45.7 Å².